The first-order chi connectivity index (χ1) is 15.8. The summed E-state index contributed by atoms with van der Waals surface area (Å²) in [5.41, 5.74) is 12.7. The molecule has 0 aliphatic heterocycles. The van der Waals surface area contributed by atoms with Gasteiger partial charge < -0.3 is 5.73 Å². The van der Waals surface area contributed by atoms with Gasteiger partial charge in [-0.15, -0.1) is 0 Å². The van der Waals surface area contributed by atoms with Crippen LogP contribution in [0.25, 0.3) is 27.6 Å². The molecule has 0 bridgehead atoms. The summed E-state index contributed by atoms with van der Waals surface area (Å²) in [7, 11) is 0. The van der Waals surface area contributed by atoms with Crippen LogP contribution in [0.4, 0.5) is 0 Å². The summed E-state index contributed by atoms with van der Waals surface area (Å²) in [6.07, 6.45) is 7.07. The molecule has 5 rings (SSSR count). The maximum absolute atomic E-state index is 5.71. The highest BCUT2D eigenvalue weighted by Crippen LogP contribution is 2.29. The first-order valence-corrected chi connectivity index (χ1v) is 10.8. The van der Waals surface area contributed by atoms with Gasteiger partial charge >= 0.3 is 0 Å². The Bertz CT molecular complexity index is 1460. The molecule has 5 aromatic rings. The fourth-order valence-corrected chi connectivity index (χ4v) is 3.96. The number of aromatic nitrogens is 4. The van der Waals surface area contributed by atoms with Crippen molar-refractivity contribution in [3.63, 3.8) is 0 Å². The number of hydrogen-bond acceptors (Lipinski definition) is 4. The summed E-state index contributed by atoms with van der Waals surface area (Å²) < 4.78 is 2.24. The van der Waals surface area contributed by atoms with Crippen molar-refractivity contribution in [3.05, 3.63) is 95.7 Å². The van der Waals surface area contributed by atoms with Crippen LogP contribution in [0.3, 0.4) is 0 Å². The van der Waals surface area contributed by atoms with Crippen molar-refractivity contribution >= 4 is 21.9 Å². The zero-order valence-corrected chi connectivity index (χ0v) is 17.9. The van der Waals surface area contributed by atoms with Gasteiger partial charge in [-0.2, -0.15) is 0 Å². The van der Waals surface area contributed by atoms with E-state index in [0.29, 0.717) is 6.54 Å². The van der Waals surface area contributed by atoms with E-state index in [-0.39, 0.29) is 0 Å². The van der Waals surface area contributed by atoms with E-state index in [0.717, 1.165) is 57.4 Å². The largest absolute Gasteiger partial charge is 0.330 e. The highest BCUT2D eigenvalue weighted by atomic mass is 15.1. The SMILES string of the molecule is CCc1nc2cnc3ccc(C#Cc4cccnc4)cc3c2n1-c1ccc(CCN)cc1. The number of aryl methyl sites for hydroxylation is 1. The van der Waals surface area contributed by atoms with Crippen molar-refractivity contribution in [1.82, 2.24) is 19.5 Å². The number of pyridine rings is 2. The average Bonchev–Trinajstić information content (AvgIpc) is 3.23. The zero-order chi connectivity index (χ0) is 21.9. The lowest BCUT2D eigenvalue weighted by molar-refractivity contribution is 0.906. The number of imidazole rings is 1. The van der Waals surface area contributed by atoms with E-state index in [4.69, 9.17) is 10.7 Å². The molecule has 0 spiro atoms. The molecule has 0 unspecified atom stereocenters. The Kier molecular flexibility index (Phi) is 5.37. The number of fused-ring (bicyclic) bond motifs is 3. The van der Waals surface area contributed by atoms with Gasteiger partial charge in [-0.3, -0.25) is 14.5 Å². The molecule has 156 valence electrons. The van der Waals surface area contributed by atoms with Crippen LogP contribution in [0.15, 0.2) is 73.2 Å². The summed E-state index contributed by atoms with van der Waals surface area (Å²) in [5, 5.41) is 1.04. The maximum atomic E-state index is 5.71. The molecule has 0 amide bonds. The van der Waals surface area contributed by atoms with Crippen LogP contribution in [0.2, 0.25) is 0 Å². The van der Waals surface area contributed by atoms with E-state index >= 15 is 0 Å². The fourth-order valence-electron chi connectivity index (χ4n) is 3.96. The third-order valence-electron chi connectivity index (χ3n) is 5.51. The van der Waals surface area contributed by atoms with Gasteiger partial charge in [0, 0.05) is 41.0 Å². The highest BCUT2D eigenvalue weighted by Gasteiger charge is 2.15. The van der Waals surface area contributed by atoms with Gasteiger partial charge in [-0.1, -0.05) is 30.9 Å². The van der Waals surface area contributed by atoms with Crippen molar-refractivity contribution < 1.29 is 0 Å². The lowest BCUT2D eigenvalue weighted by Gasteiger charge is -2.11. The van der Waals surface area contributed by atoms with E-state index in [1.54, 1.807) is 12.4 Å². The van der Waals surface area contributed by atoms with Crippen molar-refractivity contribution in [2.45, 2.75) is 19.8 Å². The molecular weight excluding hydrogens is 394 g/mol. The lowest BCUT2D eigenvalue weighted by Crippen LogP contribution is -2.04. The normalized spacial score (nSPS) is 10.9. The fraction of sp³-hybridized carbons (Fsp3) is 0.148. The molecule has 0 atom stereocenters. The number of hydrogen-bond donors (Lipinski definition) is 1. The Labute approximate surface area is 187 Å². The summed E-state index contributed by atoms with van der Waals surface area (Å²) >= 11 is 0. The van der Waals surface area contributed by atoms with Gasteiger partial charge in [-0.05, 0) is 61.0 Å². The Morgan fingerprint density at radius 2 is 1.78 bits per heavy atom. The van der Waals surface area contributed by atoms with Gasteiger partial charge in [0.1, 0.15) is 11.3 Å². The smallest absolute Gasteiger partial charge is 0.114 e. The predicted octanol–water partition coefficient (Wildman–Crippen LogP) is 4.43. The number of nitrogens with two attached hydrogens (primary N) is 1. The molecule has 5 heteroatoms. The topological polar surface area (TPSA) is 69.6 Å². The van der Waals surface area contributed by atoms with E-state index in [1.807, 2.05) is 30.5 Å². The van der Waals surface area contributed by atoms with E-state index in [2.05, 4.69) is 63.6 Å². The third-order valence-corrected chi connectivity index (χ3v) is 5.51. The van der Waals surface area contributed by atoms with Crippen LogP contribution < -0.4 is 5.73 Å². The summed E-state index contributed by atoms with van der Waals surface area (Å²) in [4.78, 5) is 13.6. The molecule has 3 heterocycles. The van der Waals surface area contributed by atoms with Gasteiger partial charge in [-0.25, -0.2) is 4.98 Å². The Hall–Kier alpha value is -4.01. The van der Waals surface area contributed by atoms with E-state index in [9.17, 15) is 0 Å². The molecule has 0 fully saturated rings. The summed E-state index contributed by atoms with van der Waals surface area (Å²) in [6, 6.07) is 18.5. The van der Waals surface area contributed by atoms with Crippen LogP contribution in [-0.2, 0) is 12.8 Å². The lowest BCUT2D eigenvalue weighted by atomic mass is 10.1. The first-order valence-electron chi connectivity index (χ1n) is 10.8. The standard InChI is InChI=1S/C27H23N5/c1-2-26-31-25-18-30-24-12-9-20(5-6-21-4-3-15-29-17-21)16-23(24)27(25)32(26)22-10-7-19(8-11-22)13-14-28/h3-4,7-12,15-18H,2,13-14,28H2,1H3. The minimum Gasteiger partial charge on any atom is -0.330 e. The summed E-state index contributed by atoms with van der Waals surface area (Å²) in [5.74, 6) is 7.46. The predicted molar refractivity (Wildman–Crippen MR) is 129 cm³/mol. The van der Waals surface area contributed by atoms with Crippen LogP contribution in [0.5, 0.6) is 0 Å². The number of benzene rings is 2. The van der Waals surface area contributed by atoms with E-state index < -0.39 is 0 Å². The highest BCUT2D eigenvalue weighted by molar-refractivity contribution is 6.03. The second-order valence-electron chi connectivity index (χ2n) is 7.64. The van der Waals surface area contributed by atoms with Gasteiger partial charge in [0.2, 0.25) is 0 Å². The van der Waals surface area contributed by atoms with Crippen molar-refractivity contribution in [1.29, 1.82) is 0 Å². The molecular formula is C27H23N5. The molecule has 32 heavy (non-hydrogen) atoms. The van der Waals surface area contributed by atoms with Crippen molar-refractivity contribution in [2.24, 2.45) is 5.73 Å². The summed E-state index contributed by atoms with van der Waals surface area (Å²) in [6.45, 7) is 2.77. The van der Waals surface area contributed by atoms with E-state index in [1.165, 1.54) is 5.56 Å². The molecule has 0 radical (unpaired) electrons. The van der Waals surface area contributed by atoms with Crippen molar-refractivity contribution in [2.75, 3.05) is 6.54 Å². The monoisotopic (exact) mass is 417 g/mol. The molecule has 2 aromatic carbocycles. The Morgan fingerprint density at radius 1 is 0.938 bits per heavy atom. The van der Waals surface area contributed by atoms with Gasteiger partial charge in [0.15, 0.2) is 0 Å². The van der Waals surface area contributed by atoms with Gasteiger partial charge in [0.25, 0.3) is 0 Å². The quantitative estimate of drug-likeness (QED) is 0.439. The molecule has 3 aromatic heterocycles. The second kappa shape index (κ2) is 8.62. The van der Waals surface area contributed by atoms with Crippen LogP contribution in [-0.4, -0.2) is 26.1 Å². The van der Waals surface area contributed by atoms with Crippen molar-refractivity contribution in [3.8, 4) is 17.5 Å². The minimum absolute atomic E-state index is 0.646. The van der Waals surface area contributed by atoms with Crippen LogP contribution in [0.1, 0.15) is 29.4 Å². The van der Waals surface area contributed by atoms with Crippen LogP contribution >= 0.6 is 0 Å². The molecule has 2 N–H and O–H groups in total. The molecule has 0 aliphatic rings. The maximum Gasteiger partial charge on any atom is 0.114 e. The molecule has 0 aliphatic carbocycles. The second-order valence-corrected chi connectivity index (χ2v) is 7.64. The third kappa shape index (κ3) is 3.73. The molecule has 0 saturated heterocycles. The zero-order valence-electron chi connectivity index (χ0n) is 17.9. The Balaban J connectivity index is 1.69. The first kappa shape index (κ1) is 19.9. The minimum atomic E-state index is 0.646. The Morgan fingerprint density at radius 3 is 2.53 bits per heavy atom. The number of nitrogens with zero attached hydrogens (tertiary/aromatic N) is 4. The molecule has 0 saturated carbocycles. The average molecular weight is 418 g/mol. The number of rotatable bonds is 4. The molecule has 5 nitrogen and oxygen atoms in total. The van der Waals surface area contributed by atoms with Crippen LogP contribution in [0, 0.1) is 11.8 Å². The van der Waals surface area contributed by atoms with Gasteiger partial charge in [0.05, 0.1) is 17.2 Å².